The van der Waals surface area contributed by atoms with E-state index in [-0.39, 0.29) is 30.8 Å². The van der Waals surface area contributed by atoms with Crippen molar-refractivity contribution < 1.29 is 18.0 Å². The third kappa shape index (κ3) is 4.29. The molecule has 0 radical (unpaired) electrons. The van der Waals surface area contributed by atoms with Gasteiger partial charge in [0.05, 0.1) is 10.8 Å². The molecule has 1 unspecified atom stereocenters. The Labute approximate surface area is 154 Å². The number of hydrogen-bond acceptors (Lipinski definition) is 4. The van der Waals surface area contributed by atoms with Crippen LogP contribution >= 0.6 is 27.5 Å². The molecular formula is C15H18BrClN2O4S. The van der Waals surface area contributed by atoms with Crippen LogP contribution in [0.15, 0.2) is 22.7 Å². The van der Waals surface area contributed by atoms with Gasteiger partial charge in [-0.2, -0.15) is 0 Å². The van der Waals surface area contributed by atoms with Gasteiger partial charge in [-0.25, -0.2) is 8.42 Å². The van der Waals surface area contributed by atoms with Crippen LogP contribution in [0.5, 0.6) is 0 Å². The average molecular weight is 438 g/mol. The molecule has 0 aliphatic carbocycles. The Kier molecular flexibility index (Phi) is 5.93. The molecule has 1 saturated heterocycles. The van der Waals surface area contributed by atoms with Gasteiger partial charge in [-0.3, -0.25) is 9.59 Å². The van der Waals surface area contributed by atoms with E-state index in [9.17, 15) is 18.0 Å². The number of rotatable bonds is 3. The van der Waals surface area contributed by atoms with Crippen molar-refractivity contribution in [3.63, 3.8) is 0 Å². The SMILES string of the molecule is CC(C)NC(=O)C1CN(C(=O)c2ccc(Br)c(Cl)c2)CCS1(=O)=O. The fourth-order valence-corrected chi connectivity index (χ4v) is 4.39. The van der Waals surface area contributed by atoms with Gasteiger partial charge < -0.3 is 10.2 Å². The number of nitrogens with zero attached hydrogens (tertiary/aromatic N) is 1. The summed E-state index contributed by atoms with van der Waals surface area (Å²) >= 11 is 9.25. The average Bonchev–Trinajstić information content (AvgIpc) is 2.48. The molecule has 0 bridgehead atoms. The van der Waals surface area contributed by atoms with Crippen molar-refractivity contribution in [2.24, 2.45) is 0 Å². The minimum absolute atomic E-state index is 0.0559. The van der Waals surface area contributed by atoms with Gasteiger partial charge in [0.15, 0.2) is 15.1 Å². The molecule has 6 nitrogen and oxygen atoms in total. The molecule has 2 amide bonds. The summed E-state index contributed by atoms with van der Waals surface area (Å²) in [4.78, 5) is 26.1. The first-order valence-electron chi connectivity index (χ1n) is 7.38. The maximum atomic E-state index is 12.6. The molecule has 1 N–H and O–H groups in total. The second kappa shape index (κ2) is 7.41. The first-order chi connectivity index (χ1) is 11.1. The van der Waals surface area contributed by atoms with Crippen LogP contribution in [0.4, 0.5) is 0 Å². The molecule has 1 aromatic rings. The van der Waals surface area contributed by atoms with Crippen LogP contribution in [0.25, 0.3) is 0 Å². The van der Waals surface area contributed by atoms with Gasteiger partial charge in [0.1, 0.15) is 0 Å². The lowest BCUT2D eigenvalue weighted by atomic mass is 10.2. The molecular weight excluding hydrogens is 420 g/mol. The van der Waals surface area contributed by atoms with E-state index in [2.05, 4.69) is 21.2 Å². The summed E-state index contributed by atoms with van der Waals surface area (Å²) in [5, 5.41) is 1.74. The topological polar surface area (TPSA) is 83.6 Å². The van der Waals surface area contributed by atoms with Crippen molar-refractivity contribution in [3.8, 4) is 0 Å². The normalized spacial score (nSPS) is 20.0. The monoisotopic (exact) mass is 436 g/mol. The predicted octanol–water partition coefficient (Wildman–Crippen LogP) is 1.87. The number of nitrogens with one attached hydrogen (secondary N) is 1. The second-order valence-corrected chi connectivity index (χ2v) is 9.46. The third-order valence-corrected chi connectivity index (χ3v) is 6.86. The fraction of sp³-hybridized carbons (Fsp3) is 0.467. The first-order valence-corrected chi connectivity index (χ1v) is 10.3. The van der Waals surface area contributed by atoms with Crippen molar-refractivity contribution in [3.05, 3.63) is 33.3 Å². The predicted molar refractivity (Wildman–Crippen MR) is 95.9 cm³/mol. The number of halogens is 2. The van der Waals surface area contributed by atoms with E-state index in [0.29, 0.717) is 15.1 Å². The van der Waals surface area contributed by atoms with Crippen molar-refractivity contribution in [2.75, 3.05) is 18.8 Å². The molecule has 9 heteroatoms. The molecule has 1 aromatic carbocycles. The lowest BCUT2D eigenvalue weighted by Gasteiger charge is -2.32. The van der Waals surface area contributed by atoms with Crippen molar-refractivity contribution in [1.82, 2.24) is 10.2 Å². The number of sulfone groups is 1. The third-order valence-electron chi connectivity index (χ3n) is 3.64. The summed E-state index contributed by atoms with van der Waals surface area (Å²) in [6.07, 6.45) is 0. The van der Waals surface area contributed by atoms with Crippen LogP contribution in [0.2, 0.25) is 5.02 Å². The van der Waals surface area contributed by atoms with Crippen molar-refractivity contribution in [1.29, 1.82) is 0 Å². The first kappa shape index (κ1) is 19.2. The quantitative estimate of drug-likeness (QED) is 0.782. The minimum Gasteiger partial charge on any atom is -0.353 e. The fourth-order valence-electron chi connectivity index (χ4n) is 2.40. The lowest BCUT2D eigenvalue weighted by Crippen LogP contribution is -2.55. The highest BCUT2D eigenvalue weighted by atomic mass is 79.9. The zero-order valence-corrected chi connectivity index (χ0v) is 16.4. The van der Waals surface area contributed by atoms with E-state index in [4.69, 9.17) is 11.6 Å². The van der Waals surface area contributed by atoms with Gasteiger partial charge in [0.2, 0.25) is 5.91 Å². The Morgan fingerprint density at radius 3 is 2.62 bits per heavy atom. The number of hydrogen-bond donors (Lipinski definition) is 1. The molecule has 1 aliphatic heterocycles. The number of carbonyl (C=O) groups is 2. The maximum Gasteiger partial charge on any atom is 0.253 e. The zero-order valence-electron chi connectivity index (χ0n) is 13.3. The summed E-state index contributed by atoms with van der Waals surface area (Å²) in [5.74, 6) is -1.16. The van der Waals surface area contributed by atoms with Crippen LogP contribution in [-0.4, -0.2) is 55.3 Å². The lowest BCUT2D eigenvalue weighted by molar-refractivity contribution is -0.121. The number of carbonyl (C=O) groups excluding carboxylic acids is 2. The Morgan fingerprint density at radius 2 is 2.04 bits per heavy atom. The highest BCUT2D eigenvalue weighted by Gasteiger charge is 2.40. The molecule has 24 heavy (non-hydrogen) atoms. The van der Waals surface area contributed by atoms with Gasteiger partial charge in [-0.15, -0.1) is 0 Å². The van der Waals surface area contributed by atoms with Crippen LogP contribution < -0.4 is 5.32 Å². The van der Waals surface area contributed by atoms with E-state index in [1.807, 2.05) is 0 Å². The molecule has 1 aliphatic rings. The summed E-state index contributed by atoms with van der Waals surface area (Å²) in [6.45, 7) is 3.40. The largest absolute Gasteiger partial charge is 0.353 e. The van der Waals surface area contributed by atoms with E-state index in [1.165, 1.54) is 11.0 Å². The Balaban J connectivity index is 2.21. The van der Waals surface area contributed by atoms with Gasteiger partial charge >= 0.3 is 0 Å². The molecule has 0 spiro atoms. The van der Waals surface area contributed by atoms with Gasteiger partial charge in [0, 0.05) is 29.2 Å². The Morgan fingerprint density at radius 1 is 1.38 bits per heavy atom. The molecule has 2 rings (SSSR count). The second-order valence-electron chi connectivity index (χ2n) is 5.90. The molecule has 1 fully saturated rings. The van der Waals surface area contributed by atoms with Crippen molar-refractivity contribution in [2.45, 2.75) is 25.1 Å². The van der Waals surface area contributed by atoms with Gasteiger partial charge in [-0.1, -0.05) is 11.6 Å². The Bertz CT molecular complexity index is 767. The van der Waals surface area contributed by atoms with Crippen LogP contribution in [0.3, 0.4) is 0 Å². The molecule has 0 saturated carbocycles. The van der Waals surface area contributed by atoms with Crippen LogP contribution in [0, 0.1) is 0 Å². The summed E-state index contributed by atoms with van der Waals surface area (Å²) < 4.78 is 25.0. The minimum atomic E-state index is -3.57. The summed E-state index contributed by atoms with van der Waals surface area (Å²) in [7, 11) is -3.57. The van der Waals surface area contributed by atoms with E-state index in [1.54, 1.807) is 26.0 Å². The standard InChI is InChI=1S/C15H18BrClN2O4S/c1-9(2)18-14(20)13-8-19(5-6-24(13,22)23)15(21)10-3-4-11(16)12(17)7-10/h3-4,7,9,13H,5-6,8H2,1-2H3,(H,18,20). The number of amides is 2. The summed E-state index contributed by atoms with van der Waals surface area (Å²) in [5.41, 5.74) is 0.352. The van der Waals surface area contributed by atoms with E-state index < -0.39 is 21.0 Å². The van der Waals surface area contributed by atoms with Gasteiger partial charge in [-0.05, 0) is 48.0 Å². The van der Waals surface area contributed by atoms with Crippen molar-refractivity contribution >= 4 is 49.2 Å². The zero-order chi connectivity index (χ0) is 18.1. The maximum absolute atomic E-state index is 12.6. The molecule has 1 atom stereocenters. The van der Waals surface area contributed by atoms with Crippen LogP contribution in [-0.2, 0) is 14.6 Å². The summed E-state index contributed by atoms with van der Waals surface area (Å²) in [6, 6.07) is 4.59. The number of benzene rings is 1. The Hall–Kier alpha value is -1.12. The highest BCUT2D eigenvalue weighted by Crippen LogP contribution is 2.24. The van der Waals surface area contributed by atoms with E-state index >= 15 is 0 Å². The van der Waals surface area contributed by atoms with E-state index in [0.717, 1.165) is 0 Å². The van der Waals surface area contributed by atoms with Gasteiger partial charge in [0.25, 0.3) is 5.91 Å². The highest BCUT2D eigenvalue weighted by molar-refractivity contribution is 9.10. The molecule has 1 heterocycles. The molecule has 132 valence electrons. The van der Waals surface area contributed by atoms with Crippen LogP contribution in [0.1, 0.15) is 24.2 Å². The smallest absolute Gasteiger partial charge is 0.253 e. The molecule has 0 aromatic heterocycles.